The lowest BCUT2D eigenvalue weighted by Crippen LogP contribution is -2.12. The fourth-order valence-electron chi connectivity index (χ4n) is 2.65. The van der Waals surface area contributed by atoms with E-state index < -0.39 is 5.97 Å². The van der Waals surface area contributed by atoms with Crippen LogP contribution in [0.1, 0.15) is 23.9 Å². The van der Waals surface area contributed by atoms with Gasteiger partial charge in [-0.15, -0.1) is 0 Å². The van der Waals surface area contributed by atoms with Gasteiger partial charge in [-0.2, -0.15) is 0 Å². The summed E-state index contributed by atoms with van der Waals surface area (Å²) >= 11 is 3.17. The number of carbonyl (C=O) groups excluding carboxylic acids is 1. The quantitative estimate of drug-likeness (QED) is 0.412. The first-order chi connectivity index (χ1) is 13.1. The Bertz CT molecular complexity index is 967. The molecule has 0 saturated heterocycles. The highest BCUT2D eigenvalue weighted by atomic mass is 79.9. The zero-order chi connectivity index (χ0) is 19.2. The Kier molecular flexibility index (Phi) is 6.19. The van der Waals surface area contributed by atoms with Crippen LogP contribution in [-0.4, -0.2) is 22.1 Å². The highest BCUT2D eigenvalue weighted by Crippen LogP contribution is 2.23. The van der Waals surface area contributed by atoms with Gasteiger partial charge in [-0.25, -0.2) is 14.2 Å². The summed E-state index contributed by atoms with van der Waals surface area (Å²) in [6.45, 7) is 2.57. The first kappa shape index (κ1) is 19.0. The third-order valence-electron chi connectivity index (χ3n) is 3.90. The fraction of sp³-hybridized carbons (Fsp3) is 0.143. The lowest BCUT2D eigenvalue weighted by atomic mass is 10.1. The van der Waals surface area contributed by atoms with E-state index in [0.29, 0.717) is 28.0 Å². The molecule has 0 spiro atoms. The van der Waals surface area contributed by atoms with Crippen molar-refractivity contribution in [3.05, 3.63) is 88.2 Å². The number of carbonyl (C=O) groups is 1. The molecule has 0 atom stereocenters. The summed E-state index contributed by atoms with van der Waals surface area (Å²) in [5.74, 6) is -0.341. The van der Waals surface area contributed by atoms with Crippen LogP contribution >= 0.6 is 15.9 Å². The van der Waals surface area contributed by atoms with Crippen LogP contribution < -0.4 is 0 Å². The Balaban J connectivity index is 2.02. The first-order valence-electron chi connectivity index (χ1n) is 8.47. The second-order valence-corrected chi connectivity index (χ2v) is 6.67. The Morgan fingerprint density at radius 3 is 2.74 bits per heavy atom. The zero-order valence-corrected chi connectivity index (χ0v) is 16.3. The second-order valence-electron chi connectivity index (χ2n) is 5.82. The van der Waals surface area contributed by atoms with Crippen LogP contribution in [0.25, 0.3) is 11.6 Å². The molecular weight excluding hydrogens is 411 g/mol. The van der Waals surface area contributed by atoms with E-state index in [1.54, 1.807) is 31.3 Å². The van der Waals surface area contributed by atoms with Crippen LogP contribution in [0.2, 0.25) is 0 Å². The maximum absolute atomic E-state index is 13.5. The highest BCUT2D eigenvalue weighted by molar-refractivity contribution is 9.10. The molecule has 4 nitrogen and oxygen atoms in total. The molecule has 0 saturated carbocycles. The van der Waals surface area contributed by atoms with Gasteiger partial charge in [0.25, 0.3) is 0 Å². The summed E-state index contributed by atoms with van der Waals surface area (Å²) in [5.41, 5.74) is 2.07. The molecule has 0 N–H and O–H groups in total. The number of benzene rings is 2. The van der Waals surface area contributed by atoms with Crippen molar-refractivity contribution in [2.45, 2.75) is 13.5 Å². The minimum Gasteiger partial charge on any atom is -0.462 e. The Morgan fingerprint density at radius 2 is 2.04 bits per heavy atom. The molecular formula is C21H18BrFN2O2. The summed E-state index contributed by atoms with van der Waals surface area (Å²) in [7, 11) is 0. The van der Waals surface area contributed by atoms with Crippen molar-refractivity contribution in [2.24, 2.45) is 0 Å². The lowest BCUT2D eigenvalue weighted by Gasteiger charge is -2.11. The van der Waals surface area contributed by atoms with E-state index in [2.05, 4.69) is 20.9 Å². The van der Waals surface area contributed by atoms with Gasteiger partial charge in [-0.3, -0.25) is 0 Å². The molecule has 2 aromatic carbocycles. The number of halogens is 2. The average Bonchev–Trinajstić information content (AvgIpc) is 3.11. The summed E-state index contributed by atoms with van der Waals surface area (Å²) in [6, 6.07) is 14.4. The largest absolute Gasteiger partial charge is 0.462 e. The number of nitrogens with zero attached hydrogens (tertiary/aromatic N) is 2. The number of esters is 1. The van der Waals surface area contributed by atoms with Gasteiger partial charge in [0.1, 0.15) is 17.2 Å². The molecule has 0 radical (unpaired) electrons. The Labute approximate surface area is 165 Å². The normalized spacial score (nSPS) is 11.4. The van der Waals surface area contributed by atoms with Gasteiger partial charge in [-0.05, 0) is 52.2 Å². The molecule has 0 aliphatic carbocycles. The van der Waals surface area contributed by atoms with E-state index in [-0.39, 0.29) is 12.4 Å². The van der Waals surface area contributed by atoms with Crippen LogP contribution in [0, 0.1) is 5.82 Å². The van der Waals surface area contributed by atoms with Gasteiger partial charge < -0.3 is 9.30 Å². The maximum Gasteiger partial charge on any atom is 0.341 e. The van der Waals surface area contributed by atoms with Crippen LogP contribution in [-0.2, 0) is 16.1 Å². The van der Waals surface area contributed by atoms with Crippen molar-refractivity contribution in [1.29, 1.82) is 0 Å². The number of imidazole rings is 1. The first-order valence-corrected chi connectivity index (χ1v) is 9.27. The number of aromatic nitrogens is 2. The van der Waals surface area contributed by atoms with Crippen molar-refractivity contribution in [3.63, 3.8) is 0 Å². The average molecular weight is 429 g/mol. The van der Waals surface area contributed by atoms with E-state index in [9.17, 15) is 9.18 Å². The van der Waals surface area contributed by atoms with Crippen molar-refractivity contribution < 1.29 is 13.9 Å². The van der Waals surface area contributed by atoms with Crippen molar-refractivity contribution >= 4 is 33.5 Å². The highest BCUT2D eigenvalue weighted by Gasteiger charge is 2.19. The summed E-state index contributed by atoms with van der Waals surface area (Å²) < 4.78 is 20.9. The fourth-order valence-corrected chi connectivity index (χ4v) is 3.05. The van der Waals surface area contributed by atoms with Gasteiger partial charge in [0.15, 0.2) is 0 Å². The molecule has 1 heterocycles. The van der Waals surface area contributed by atoms with Crippen LogP contribution in [0.15, 0.2) is 65.4 Å². The predicted octanol–water partition coefficient (Wildman–Crippen LogP) is 4.94. The molecule has 0 amide bonds. The van der Waals surface area contributed by atoms with Crippen molar-refractivity contribution in [1.82, 2.24) is 9.55 Å². The molecule has 0 aliphatic heterocycles. The minimum atomic E-state index is -0.474. The van der Waals surface area contributed by atoms with Crippen LogP contribution in [0.4, 0.5) is 4.39 Å². The van der Waals surface area contributed by atoms with E-state index in [4.69, 9.17) is 4.74 Å². The molecule has 0 unspecified atom stereocenters. The summed E-state index contributed by atoms with van der Waals surface area (Å²) in [6.07, 6.45) is 5.12. The second kappa shape index (κ2) is 8.77. The van der Waals surface area contributed by atoms with Crippen LogP contribution in [0.3, 0.4) is 0 Å². The van der Waals surface area contributed by atoms with Crippen LogP contribution in [0.5, 0.6) is 0 Å². The SMILES string of the molecule is CCOC(=O)/C(=C/c1ccc(F)c(Br)c1)c1nccn1Cc1ccccc1. The third kappa shape index (κ3) is 4.71. The Morgan fingerprint density at radius 1 is 1.26 bits per heavy atom. The molecule has 3 aromatic rings. The van der Waals surface area contributed by atoms with Crippen molar-refractivity contribution in [3.8, 4) is 0 Å². The molecule has 0 fully saturated rings. The Hall–Kier alpha value is -2.73. The van der Waals surface area contributed by atoms with Gasteiger partial charge in [0.05, 0.1) is 11.1 Å². The maximum atomic E-state index is 13.5. The van der Waals surface area contributed by atoms with Gasteiger partial charge in [0, 0.05) is 18.9 Å². The number of rotatable bonds is 6. The molecule has 138 valence electrons. The van der Waals surface area contributed by atoms with E-state index >= 15 is 0 Å². The topological polar surface area (TPSA) is 44.1 Å². The van der Waals surface area contributed by atoms with Gasteiger partial charge >= 0.3 is 5.97 Å². The minimum absolute atomic E-state index is 0.253. The summed E-state index contributed by atoms with van der Waals surface area (Å²) in [5, 5.41) is 0. The molecule has 1 aromatic heterocycles. The van der Waals surface area contributed by atoms with Gasteiger partial charge in [-0.1, -0.05) is 36.4 Å². The third-order valence-corrected chi connectivity index (χ3v) is 4.51. The van der Waals surface area contributed by atoms with Gasteiger partial charge in [0.2, 0.25) is 0 Å². The summed E-state index contributed by atoms with van der Waals surface area (Å²) in [4.78, 5) is 16.9. The molecule has 6 heteroatoms. The smallest absolute Gasteiger partial charge is 0.341 e. The molecule has 0 aliphatic rings. The van der Waals surface area contributed by atoms with E-state index in [0.717, 1.165) is 5.56 Å². The number of hydrogen-bond acceptors (Lipinski definition) is 3. The molecule has 3 rings (SSSR count). The predicted molar refractivity (Wildman–Crippen MR) is 106 cm³/mol. The monoisotopic (exact) mass is 428 g/mol. The number of ether oxygens (including phenoxy) is 1. The van der Waals surface area contributed by atoms with E-state index in [1.807, 2.05) is 41.1 Å². The number of hydrogen-bond donors (Lipinski definition) is 0. The molecule has 27 heavy (non-hydrogen) atoms. The standard InChI is InChI=1S/C21H18BrFN2O2/c1-2-27-21(26)17(12-16-8-9-19(23)18(22)13-16)20-24-10-11-25(20)14-15-6-4-3-5-7-15/h3-13H,2,14H2,1H3/b17-12+. The molecule has 0 bridgehead atoms. The van der Waals surface area contributed by atoms with E-state index in [1.165, 1.54) is 6.07 Å². The van der Waals surface area contributed by atoms with Crippen molar-refractivity contribution in [2.75, 3.05) is 6.61 Å². The zero-order valence-electron chi connectivity index (χ0n) is 14.7. The lowest BCUT2D eigenvalue weighted by molar-refractivity contribution is -0.136.